The van der Waals surface area contributed by atoms with Gasteiger partial charge in [-0.15, -0.1) is 0 Å². The molecule has 1 N–H and O–H groups in total. The minimum absolute atomic E-state index is 0.337. The van der Waals surface area contributed by atoms with Crippen molar-refractivity contribution >= 4 is 32.8 Å². The summed E-state index contributed by atoms with van der Waals surface area (Å²) in [5.74, 6) is -0.895. The zero-order valence-electron chi connectivity index (χ0n) is 7.49. The van der Waals surface area contributed by atoms with Gasteiger partial charge in [-0.25, -0.2) is 4.79 Å². The first-order chi connectivity index (χ1) is 6.61. The van der Waals surface area contributed by atoms with E-state index in [2.05, 4.69) is 15.9 Å². The largest absolute Gasteiger partial charge is 0.478 e. The third-order valence-corrected chi connectivity index (χ3v) is 2.82. The maximum Gasteiger partial charge on any atom is 0.337 e. The molecule has 0 aliphatic carbocycles. The van der Waals surface area contributed by atoms with E-state index in [-0.39, 0.29) is 0 Å². The number of para-hydroxylation sites is 1. The van der Waals surface area contributed by atoms with Crippen LogP contribution in [0.3, 0.4) is 0 Å². The maximum atomic E-state index is 10.9. The number of carboxylic acid groups (broad SMARTS) is 1. The molecule has 1 heterocycles. The molecule has 2 aromatic rings. The highest BCUT2D eigenvalue weighted by molar-refractivity contribution is 9.10. The average molecular weight is 254 g/mol. The van der Waals surface area contributed by atoms with Crippen LogP contribution in [0.4, 0.5) is 0 Å². The first-order valence-electron chi connectivity index (χ1n) is 4.08. The van der Waals surface area contributed by atoms with E-state index in [4.69, 9.17) is 5.11 Å². The Morgan fingerprint density at radius 2 is 2.21 bits per heavy atom. The first-order valence-corrected chi connectivity index (χ1v) is 4.87. The predicted octanol–water partition coefficient (Wildman–Crippen LogP) is 2.64. The number of aryl methyl sites for hydroxylation is 1. The van der Waals surface area contributed by atoms with Crippen molar-refractivity contribution in [3.8, 4) is 0 Å². The second-order valence-electron chi connectivity index (χ2n) is 3.09. The summed E-state index contributed by atoms with van der Waals surface area (Å²) in [7, 11) is 1.83. The number of aromatic carboxylic acids is 1. The summed E-state index contributed by atoms with van der Waals surface area (Å²) in [6.45, 7) is 0. The summed E-state index contributed by atoms with van der Waals surface area (Å²) in [6.07, 6.45) is 1.62. The van der Waals surface area contributed by atoms with Crippen molar-refractivity contribution in [3.05, 3.63) is 34.4 Å². The fourth-order valence-corrected chi connectivity index (χ4v) is 2.24. The molecule has 1 aromatic carbocycles. The zero-order chi connectivity index (χ0) is 10.3. The van der Waals surface area contributed by atoms with Gasteiger partial charge in [0.1, 0.15) is 0 Å². The van der Waals surface area contributed by atoms with Gasteiger partial charge in [0.25, 0.3) is 0 Å². The number of nitrogens with zero attached hydrogens (tertiary/aromatic N) is 1. The summed E-state index contributed by atoms with van der Waals surface area (Å²) in [5, 5.41) is 9.72. The molecule has 0 fully saturated rings. The van der Waals surface area contributed by atoms with Crippen LogP contribution in [0, 0.1) is 0 Å². The Balaban J connectivity index is 2.91. The minimum atomic E-state index is -0.895. The number of benzene rings is 1. The predicted molar refractivity (Wildman–Crippen MR) is 57.6 cm³/mol. The fourth-order valence-electron chi connectivity index (χ4n) is 1.59. The van der Waals surface area contributed by atoms with E-state index >= 15 is 0 Å². The second kappa shape index (κ2) is 3.13. The average Bonchev–Trinajstić information content (AvgIpc) is 2.45. The molecule has 0 spiro atoms. The van der Waals surface area contributed by atoms with Crippen LogP contribution in [0.25, 0.3) is 10.9 Å². The highest BCUT2D eigenvalue weighted by Crippen LogP contribution is 2.27. The molecule has 0 radical (unpaired) electrons. The Labute approximate surface area is 89.1 Å². The smallest absolute Gasteiger partial charge is 0.337 e. The number of hydrogen-bond donors (Lipinski definition) is 1. The van der Waals surface area contributed by atoms with Crippen molar-refractivity contribution in [3.63, 3.8) is 0 Å². The monoisotopic (exact) mass is 253 g/mol. The van der Waals surface area contributed by atoms with Crippen LogP contribution in [0.2, 0.25) is 0 Å². The third-order valence-electron chi connectivity index (χ3n) is 2.18. The summed E-state index contributed by atoms with van der Waals surface area (Å²) < 4.78 is 2.72. The number of aromatic nitrogens is 1. The van der Waals surface area contributed by atoms with Gasteiger partial charge in [0.2, 0.25) is 0 Å². The van der Waals surface area contributed by atoms with Gasteiger partial charge in [0.05, 0.1) is 11.1 Å². The summed E-state index contributed by atoms with van der Waals surface area (Å²) in [6, 6.07) is 5.54. The second-order valence-corrected chi connectivity index (χ2v) is 3.95. The fraction of sp³-hybridized carbons (Fsp3) is 0.100. The van der Waals surface area contributed by atoms with Crippen molar-refractivity contribution in [1.29, 1.82) is 0 Å². The Morgan fingerprint density at radius 1 is 1.50 bits per heavy atom. The minimum Gasteiger partial charge on any atom is -0.478 e. The van der Waals surface area contributed by atoms with Gasteiger partial charge in [-0.2, -0.15) is 0 Å². The number of halogens is 1. The molecule has 0 amide bonds. The van der Waals surface area contributed by atoms with Crippen molar-refractivity contribution in [2.45, 2.75) is 0 Å². The van der Waals surface area contributed by atoms with Crippen molar-refractivity contribution < 1.29 is 9.90 Å². The number of fused-ring (bicyclic) bond motifs is 1. The molecule has 4 heteroatoms. The van der Waals surface area contributed by atoms with E-state index in [1.165, 1.54) is 0 Å². The zero-order valence-corrected chi connectivity index (χ0v) is 9.08. The van der Waals surface area contributed by atoms with Gasteiger partial charge in [-0.1, -0.05) is 12.1 Å². The maximum absolute atomic E-state index is 10.9. The molecular formula is C10H8BrNO2. The van der Waals surface area contributed by atoms with Gasteiger partial charge >= 0.3 is 5.97 Å². The van der Waals surface area contributed by atoms with Gasteiger partial charge < -0.3 is 9.67 Å². The van der Waals surface area contributed by atoms with Crippen LogP contribution in [-0.4, -0.2) is 15.6 Å². The third kappa shape index (κ3) is 1.23. The molecule has 0 aliphatic heterocycles. The summed E-state index contributed by atoms with van der Waals surface area (Å²) in [4.78, 5) is 10.9. The molecule has 3 nitrogen and oxygen atoms in total. The van der Waals surface area contributed by atoms with Crippen LogP contribution in [0.5, 0.6) is 0 Å². The standard InChI is InChI=1S/C10H8BrNO2/c1-12-5-7(10(13)14)6-3-2-4-8(11)9(6)12/h2-5H,1H3,(H,13,14). The van der Waals surface area contributed by atoms with Crippen LogP contribution >= 0.6 is 15.9 Å². The van der Waals surface area contributed by atoms with E-state index < -0.39 is 5.97 Å². The van der Waals surface area contributed by atoms with E-state index in [9.17, 15) is 4.79 Å². The summed E-state index contributed by atoms with van der Waals surface area (Å²) in [5.41, 5.74) is 1.24. The lowest BCUT2D eigenvalue weighted by molar-refractivity contribution is 0.0699. The van der Waals surface area contributed by atoms with E-state index in [0.717, 1.165) is 15.4 Å². The number of carboxylic acids is 1. The summed E-state index contributed by atoms with van der Waals surface area (Å²) >= 11 is 3.40. The first kappa shape index (κ1) is 9.27. The van der Waals surface area contributed by atoms with Gasteiger partial charge in [0, 0.05) is 23.1 Å². The van der Waals surface area contributed by atoms with Crippen molar-refractivity contribution in [2.75, 3.05) is 0 Å². The van der Waals surface area contributed by atoms with E-state index in [1.807, 2.05) is 29.8 Å². The van der Waals surface area contributed by atoms with Crippen LogP contribution in [-0.2, 0) is 7.05 Å². The van der Waals surface area contributed by atoms with Gasteiger partial charge in [-0.05, 0) is 22.0 Å². The molecular weight excluding hydrogens is 246 g/mol. The molecule has 0 saturated heterocycles. The molecule has 0 unspecified atom stereocenters. The number of carbonyl (C=O) groups is 1. The van der Waals surface area contributed by atoms with Crippen LogP contribution < -0.4 is 0 Å². The molecule has 0 bridgehead atoms. The van der Waals surface area contributed by atoms with Crippen molar-refractivity contribution in [1.82, 2.24) is 4.57 Å². The van der Waals surface area contributed by atoms with Gasteiger partial charge in [0.15, 0.2) is 0 Å². The highest BCUT2D eigenvalue weighted by atomic mass is 79.9. The van der Waals surface area contributed by atoms with Gasteiger partial charge in [-0.3, -0.25) is 0 Å². The lowest BCUT2D eigenvalue weighted by Crippen LogP contribution is -1.93. The Hall–Kier alpha value is -1.29. The molecule has 0 atom stereocenters. The number of hydrogen-bond acceptors (Lipinski definition) is 1. The molecule has 14 heavy (non-hydrogen) atoms. The van der Waals surface area contributed by atoms with E-state index in [1.54, 1.807) is 6.20 Å². The normalized spacial score (nSPS) is 10.7. The van der Waals surface area contributed by atoms with E-state index in [0.29, 0.717) is 5.56 Å². The molecule has 0 saturated carbocycles. The lowest BCUT2D eigenvalue weighted by Gasteiger charge is -1.97. The Bertz CT molecular complexity index is 516. The molecule has 72 valence electrons. The van der Waals surface area contributed by atoms with Crippen molar-refractivity contribution in [2.24, 2.45) is 7.05 Å². The highest BCUT2D eigenvalue weighted by Gasteiger charge is 2.13. The SMILES string of the molecule is Cn1cc(C(=O)O)c2cccc(Br)c21. The van der Waals surface area contributed by atoms with Crippen LogP contribution in [0.1, 0.15) is 10.4 Å². The topological polar surface area (TPSA) is 42.2 Å². The Kier molecular flexibility index (Phi) is 2.07. The van der Waals surface area contributed by atoms with Crippen LogP contribution in [0.15, 0.2) is 28.9 Å². The lowest BCUT2D eigenvalue weighted by atomic mass is 10.2. The molecule has 1 aromatic heterocycles. The quantitative estimate of drug-likeness (QED) is 0.849. The number of rotatable bonds is 1. The molecule has 2 rings (SSSR count). The Morgan fingerprint density at radius 3 is 2.86 bits per heavy atom. The molecule has 0 aliphatic rings.